The first-order valence-electron chi connectivity index (χ1n) is 8.80. The highest BCUT2D eigenvalue weighted by Gasteiger charge is 2.15. The summed E-state index contributed by atoms with van der Waals surface area (Å²) in [4.78, 5) is 0. The summed E-state index contributed by atoms with van der Waals surface area (Å²) in [5.41, 5.74) is 3.11. The summed E-state index contributed by atoms with van der Waals surface area (Å²) in [6, 6.07) is 24.3. The van der Waals surface area contributed by atoms with Crippen molar-refractivity contribution in [1.29, 1.82) is 0 Å². The molecular formula is C22H17ClFN3S. The Morgan fingerprint density at radius 1 is 0.857 bits per heavy atom. The van der Waals surface area contributed by atoms with Crippen LogP contribution < -0.4 is 0 Å². The molecule has 1 aromatic heterocycles. The molecule has 0 bridgehead atoms. The lowest BCUT2D eigenvalue weighted by Gasteiger charge is -2.11. The van der Waals surface area contributed by atoms with E-state index in [4.69, 9.17) is 11.6 Å². The number of aromatic nitrogens is 3. The average molecular weight is 410 g/mol. The fourth-order valence-corrected chi connectivity index (χ4v) is 4.00. The Bertz CT molecular complexity index is 1060. The highest BCUT2D eigenvalue weighted by Crippen LogP contribution is 2.27. The van der Waals surface area contributed by atoms with Crippen LogP contribution >= 0.6 is 23.4 Å². The van der Waals surface area contributed by atoms with Gasteiger partial charge in [-0.3, -0.25) is 4.57 Å². The Hall–Kier alpha value is -2.63. The minimum atomic E-state index is -0.235. The van der Waals surface area contributed by atoms with Crippen molar-refractivity contribution in [3.63, 3.8) is 0 Å². The van der Waals surface area contributed by atoms with Crippen LogP contribution in [-0.4, -0.2) is 14.8 Å². The summed E-state index contributed by atoms with van der Waals surface area (Å²) in [6.45, 7) is 0. The van der Waals surface area contributed by atoms with Gasteiger partial charge >= 0.3 is 0 Å². The normalized spacial score (nSPS) is 10.9. The molecule has 0 atom stereocenters. The molecule has 0 aliphatic rings. The maximum Gasteiger partial charge on any atom is 0.196 e. The summed E-state index contributed by atoms with van der Waals surface area (Å²) in [5.74, 6) is 1.28. The summed E-state index contributed by atoms with van der Waals surface area (Å²) in [5, 5.41) is 10.3. The molecule has 3 nitrogen and oxygen atoms in total. The molecule has 4 rings (SSSR count). The van der Waals surface area contributed by atoms with Crippen LogP contribution in [-0.2, 0) is 12.2 Å². The zero-order valence-electron chi connectivity index (χ0n) is 14.9. The Kier molecular flexibility index (Phi) is 5.74. The molecule has 0 amide bonds. The van der Waals surface area contributed by atoms with Crippen LogP contribution in [0.4, 0.5) is 4.39 Å². The molecule has 0 radical (unpaired) electrons. The first-order valence-corrected chi connectivity index (χ1v) is 10.2. The fourth-order valence-electron chi connectivity index (χ4n) is 2.89. The molecule has 28 heavy (non-hydrogen) atoms. The molecule has 0 saturated carbocycles. The number of thioether (sulfide) groups is 1. The van der Waals surface area contributed by atoms with Crippen LogP contribution in [0.3, 0.4) is 0 Å². The second-order valence-corrected chi connectivity index (χ2v) is 7.67. The lowest BCUT2D eigenvalue weighted by Crippen LogP contribution is -2.04. The Balaban J connectivity index is 1.66. The lowest BCUT2D eigenvalue weighted by atomic mass is 10.1. The zero-order chi connectivity index (χ0) is 19.3. The number of benzene rings is 3. The van der Waals surface area contributed by atoms with Crippen molar-refractivity contribution in [2.24, 2.45) is 0 Å². The van der Waals surface area contributed by atoms with E-state index in [1.807, 2.05) is 47.0 Å². The van der Waals surface area contributed by atoms with E-state index < -0.39 is 0 Å². The molecule has 3 aromatic carbocycles. The second-order valence-electron chi connectivity index (χ2n) is 6.29. The first-order chi connectivity index (χ1) is 13.7. The van der Waals surface area contributed by atoms with Crippen molar-refractivity contribution >= 4 is 23.4 Å². The average Bonchev–Trinajstić information content (AvgIpc) is 3.11. The van der Waals surface area contributed by atoms with Crippen molar-refractivity contribution in [1.82, 2.24) is 14.8 Å². The van der Waals surface area contributed by atoms with E-state index in [1.165, 1.54) is 12.1 Å². The SMILES string of the molecule is Fc1ccc(CSc2nnc(Cc3ccccc3)n2-c2cccc(Cl)c2)cc1. The monoisotopic (exact) mass is 409 g/mol. The van der Waals surface area contributed by atoms with Gasteiger partial charge in [0.25, 0.3) is 0 Å². The molecule has 0 spiro atoms. The van der Waals surface area contributed by atoms with Gasteiger partial charge in [0.05, 0.1) is 5.69 Å². The second kappa shape index (κ2) is 8.59. The Morgan fingerprint density at radius 2 is 1.64 bits per heavy atom. The predicted octanol–water partition coefficient (Wildman–Crippen LogP) is 5.94. The minimum absolute atomic E-state index is 0.235. The van der Waals surface area contributed by atoms with Crippen LogP contribution in [0.25, 0.3) is 5.69 Å². The summed E-state index contributed by atoms with van der Waals surface area (Å²) in [7, 11) is 0. The number of rotatable bonds is 6. The van der Waals surface area contributed by atoms with Crippen LogP contribution in [0.15, 0.2) is 84.0 Å². The quantitative estimate of drug-likeness (QED) is 0.369. The van der Waals surface area contributed by atoms with E-state index in [9.17, 15) is 4.39 Å². The molecule has 4 aromatic rings. The van der Waals surface area contributed by atoms with E-state index >= 15 is 0 Å². The fraction of sp³-hybridized carbons (Fsp3) is 0.0909. The van der Waals surface area contributed by atoms with E-state index in [0.29, 0.717) is 17.2 Å². The molecule has 0 aliphatic heterocycles. The molecule has 0 unspecified atom stereocenters. The molecule has 6 heteroatoms. The third-order valence-corrected chi connectivity index (χ3v) is 5.49. The van der Waals surface area contributed by atoms with Crippen LogP contribution in [0.2, 0.25) is 5.02 Å². The Labute approximate surface area is 172 Å². The highest BCUT2D eigenvalue weighted by atomic mass is 35.5. The van der Waals surface area contributed by atoms with Gasteiger partial charge in [0.2, 0.25) is 0 Å². The van der Waals surface area contributed by atoms with E-state index in [0.717, 1.165) is 27.8 Å². The third-order valence-electron chi connectivity index (χ3n) is 4.25. The van der Waals surface area contributed by atoms with Crippen LogP contribution in [0, 0.1) is 5.82 Å². The number of hydrogen-bond donors (Lipinski definition) is 0. The van der Waals surface area contributed by atoms with Gasteiger partial charge in [-0.2, -0.15) is 0 Å². The number of halogens is 2. The van der Waals surface area contributed by atoms with Gasteiger partial charge in [0.1, 0.15) is 11.6 Å². The van der Waals surface area contributed by atoms with Crippen molar-refractivity contribution in [2.75, 3.05) is 0 Å². The van der Waals surface area contributed by atoms with Gasteiger partial charge in [-0.25, -0.2) is 4.39 Å². The Morgan fingerprint density at radius 3 is 2.39 bits per heavy atom. The standard InChI is InChI=1S/C22H17ClFN3S/c23-18-7-4-8-20(14-18)27-21(13-16-5-2-1-3-6-16)25-26-22(27)28-15-17-9-11-19(24)12-10-17/h1-12,14H,13,15H2. The largest absolute Gasteiger partial charge is 0.274 e. The summed E-state index contributed by atoms with van der Waals surface area (Å²) in [6.07, 6.45) is 0.664. The topological polar surface area (TPSA) is 30.7 Å². The first kappa shape index (κ1) is 18.7. The number of nitrogens with zero attached hydrogens (tertiary/aromatic N) is 3. The number of hydrogen-bond acceptors (Lipinski definition) is 3. The van der Waals surface area contributed by atoms with Gasteiger partial charge < -0.3 is 0 Å². The van der Waals surface area contributed by atoms with Gasteiger partial charge in [-0.1, -0.05) is 71.9 Å². The van der Waals surface area contributed by atoms with Gasteiger partial charge in [-0.05, 0) is 41.5 Å². The smallest absolute Gasteiger partial charge is 0.196 e. The van der Waals surface area contributed by atoms with E-state index in [1.54, 1.807) is 23.9 Å². The van der Waals surface area contributed by atoms with Crippen molar-refractivity contribution in [3.8, 4) is 5.69 Å². The lowest BCUT2D eigenvalue weighted by molar-refractivity contribution is 0.627. The molecule has 140 valence electrons. The van der Waals surface area contributed by atoms with Gasteiger partial charge in [-0.15, -0.1) is 10.2 Å². The van der Waals surface area contributed by atoms with E-state index in [-0.39, 0.29) is 5.82 Å². The van der Waals surface area contributed by atoms with E-state index in [2.05, 4.69) is 22.3 Å². The maximum absolute atomic E-state index is 13.1. The molecule has 0 N–H and O–H groups in total. The van der Waals surface area contributed by atoms with Crippen LogP contribution in [0.5, 0.6) is 0 Å². The maximum atomic E-state index is 13.1. The third kappa shape index (κ3) is 4.43. The van der Waals surface area contributed by atoms with Gasteiger partial charge in [0, 0.05) is 17.2 Å². The molecular weight excluding hydrogens is 393 g/mol. The molecule has 1 heterocycles. The summed E-state index contributed by atoms with van der Waals surface area (Å²) >= 11 is 7.78. The highest BCUT2D eigenvalue weighted by molar-refractivity contribution is 7.98. The van der Waals surface area contributed by atoms with Crippen molar-refractivity contribution < 1.29 is 4.39 Å². The van der Waals surface area contributed by atoms with Gasteiger partial charge in [0.15, 0.2) is 5.16 Å². The molecule has 0 aliphatic carbocycles. The van der Waals surface area contributed by atoms with Crippen molar-refractivity contribution in [3.05, 3.63) is 107 Å². The predicted molar refractivity (Wildman–Crippen MR) is 112 cm³/mol. The van der Waals surface area contributed by atoms with Crippen LogP contribution in [0.1, 0.15) is 17.0 Å². The zero-order valence-corrected chi connectivity index (χ0v) is 16.5. The summed E-state index contributed by atoms with van der Waals surface area (Å²) < 4.78 is 15.2. The molecule has 0 fully saturated rings. The molecule has 0 saturated heterocycles. The minimum Gasteiger partial charge on any atom is -0.274 e. The van der Waals surface area contributed by atoms with Crippen molar-refractivity contribution in [2.45, 2.75) is 17.3 Å².